The third kappa shape index (κ3) is 3.47. The molecular formula is C13H21F3O. The summed E-state index contributed by atoms with van der Waals surface area (Å²) in [6, 6.07) is 0. The fraction of sp³-hybridized carbons (Fsp3) is 0.846. The molecule has 1 nitrogen and oxygen atoms in total. The Hall–Kier alpha value is -0.510. The normalized spacial score (nSPS) is 21.4. The lowest BCUT2D eigenvalue weighted by Gasteiger charge is -2.24. The Labute approximate surface area is 101 Å². The lowest BCUT2D eigenvalue weighted by Crippen LogP contribution is -2.26. The molecule has 1 saturated carbocycles. The van der Waals surface area contributed by atoms with Gasteiger partial charge in [0, 0.05) is 6.61 Å². The second kappa shape index (κ2) is 5.42. The summed E-state index contributed by atoms with van der Waals surface area (Å²) < 4.78 is 38.6. The van der Waals surface area contributed by atoms with Crippen LogP contribution in [0, 0.1) is 11.3 Å². The van der Waals surface area contributed by atoms with Crippen LogP contribution >= 0.6 is 0 Å². The molecule has 0 bridgehead atoms. The highest BCUT2D eigenvalue weighted by Crippen LogP contribution is 2.61. The molecule has 1 fully saturated rings. The van der Waals surface area contributed by atoms with Gasteiger partial charge in [-0.15, -0.1) is 0 Å². The van der Waals surface area contributed by atoms with Crippen molar-refractivity contribution in [2.24, 2.45) is 11.3 Å². The quantitative estimate of drug-likeness (QED) is 0.704. The predicted octanol–water partition coefficient (Wildman–Crippen LogP) is 4.07. The minimum atomic E-state index is -4.08. The Morgan fingerprint density at radius 2 is 2.00 bits per heavy atom. The highest BCUT2D eigenvalue weighted by molar-refractivity contribution is 5.15. The van der Waals surface area contributed by atoms with E-state index < -0.39 is 11.6 Å². The minimum Gasteiger partial charge on any atom is -0.396 e. The van der Waals surface area contributed by atoms with E-state index in [2.05, 4.69) is 0 Å². The van der Waals surface area contributed by atoms with Gasteiger partial charge in [-0.05, 0) is 38.0 Å². The van der Waals surface area contributed by atoms with Gasteiger partial charge in [0.25, 0.3) is 0 Å². The summed E-state index contributed by atoms with van der Waals surface area (Å²) in [4.78, 5) is 0. The molecule has 1 unspecified atom stereocenters. The van der Waals surface area contributed by atoms with Crippen LogP contribution in [0.5, 0.6) is 0 Å². The molecule has 0 radical (unpaired) electrons. The maximum absolute atomic E-state index is 12.9. The zero-order valence-electron chi connectivity index (χ0n) is 10.5. The number of aliphatic hydroxyl groups excluding tert-OH is 1. The highest BCUT2D eigenvalue weighted by Gasteiger charge is 2.62. The molecule has 0 saturated heterocycles. The third-order valence-electron chi connectivity index (χ3n) is 3.66. The van der Waals surface area contributed by atoms with Gasteiger partial charge in [0.15, 0.2) is 0 Å². The topological polar surface area (TPSA) is 20.2 Å². The second-order valence-electron chi connectivity index (χ2n) is 5.06. The molecule has 0 aromatic carbocycles. The molecule has 1 N–H and O–H groups in total. The van der Waals surface area contributed by atoms with Crippen molar-refractivity contribution in [2.45, 2.75) is 52.1 Å². The van der Waals surface area contributed by atoms with Crippen LogP contribution < -0.4 is 0 Å². The molecule has 1 aliphatic rings. The fourth-order valence-corrected chi connectivity index (χ4v) is 2.19. The molecule has 4 heteroatoms. The van der Waals surface area contributed by atoms with Gasteiger partial charge in [0.1, 0.15) is 0 Å². The Morgan fingerprint density at radius 1 is 1.41 bits per heavy atom. The van der Waals surface area contributed by atoms with Crippen molar-refractivity contribution in [1.82, 2.24) is 0 Å². The van der Waals surface area contributed by atoms with Gasteiger partial charge < -0.3 is 5.11 Å². The summed E-state index contributed by atoms with van der Waals surface area (Å²) >= 11 is 0. The maximum atomic E-state index is 12.9. The van der Waals surface area contributed by atoms with Crippen molar-refractivity contribution in [1.29, 1.82) is 0 Å². The molecule has 0 amide bonds. The van der Waals surface area contributed by atoms with E-state index in [1.807, 2.05) is 19.9 Å². The van der Waals surface area contributed by atoms with E-state index in [0.717, 1.165) is 12.0 Å². The van der Waals surface area contributed by atoms with Crippen molar-refractivity contribution in [3.8, 4) is 0 Å². The molecule has 0 spiro atoms. The van der Waals surface area contributed by atoms with Gasteiger partial charge in [0.2, 0.25) is 0 Å². The van der Waals surface area contributed by atoms with Crippen LogP contribution in [0.15, 0.2) is 11.6 Å². The van der Waals surface area contributed by atoms with E-state index in [1.54, 1.807) is 0 Å². The zero-order chi connectivity index (χ0) is 13.1. The average Bonchev–Trinajstić information content (AvgIpc) is 2.97. The molecule has 0 aromatic rings. The summed E-state index contributed by atoms with van der Waals surface area (Å²) in [6.45, 7) is 3.85. The van der Waals surface area contributed by atoms with Gasteiger partial charge in [0.05, 0.1) is 5.41 Å². The summed E-state index contributed by atoms with van der Waals surface area (Å²) in [5, 5.41) is 8.88. The van der Waals surface area contributed by atoms with E-state index in [1.165, 1.54) is 0 Å². The first-order chi connectivity index (χ1) is 7.86. The highest BCUT2D eigenvalue weighted by atomic mass is 19.4. The van der Waals surface area contributed by atoms with E-state index >= 15 is 0 Å². The van der Waals surface area contributed by atoms with Gasteiger partial charge in [-0.1, -0.05) is 25.5 Å². The largest absolute Gasteiger partial charge is 0.396 e. The number of halogens is 3. The Balaban J connectivity index is 2.72. The molecule has 17 heavy (non-hydrogen) atoms. The number of hydrogen-bond acceptors (Lipinski definition) is 1. The van der Waals surface area contributed by atoms with Crippen LogP contribution in [0.2, 0.25) is 0 Å². The lowest BCUT2D eigenvalue weighted by molar-refractivity contribution is -0.186. The zero-order valence-corrected chi connectivity index (χ0v) is 10.5. The number of alkyl halides is 3. The molecule has 1 rings (SSSR count). The van der Waals surface area contributed by atoms with E-state index in [0.29, 0.717) is 6.42 Å². The second-order valence-corrected chi connectivity index (χ2v) is 5.06. The van der Waals surface area contributed by atoms with Crippen LogP contribution in [0.4, 0.5) is 13.2 Å². The standard InChI is InChI=1S/C13H21F3O/c1-3-4-11(10(2)5-8-17)9-12(6-7-12)13(14,15)16/h4,10,17H,3,5-9H2,1-2H3/b11-4-. The maximum Gasteiger partial charge on any atom is 0.394 e. The molecule has 0 aromatic heterocycles. The average molecular weight is 250 g/mol. The van der Waals surface area contributed by atoms with E-state index in [9.17, 15) is 13.2 Å². The summed E-state index contributed by atoms with van der Waals surface area (Å²) in [5.41, 5.74) is -0.603. The minimum absolute atomic E-state index is 0.0290. The molecular weight excluding hydrogens is 229 g/mol. The van der Waals surface area contributed by atoms with Crippen LogP contribution in [-0.2, 0) is 0 Å². The predicted molar refractivity (Wildman–Crippen MR) is 61.6 cm³/mol. The number of rotatable bonds is 6. The van der Waals surface area contributed by atoms with Crippen LogP contribution in [-0.4, -0.2) is 17.9 Å². The first kappa shape index (κ1) is 14.6. The number of hydrogen-bond donors (Lipinski definition) is 1. The molecule has 1 aliphatic carbocycles. The fourth-order valence-electron chi connectivity index (χ4n) is 2.19. The Bertz CT molecular complexity index is 277. The van der Waals surface area contributed by atoms with Crippen molar-refractivity contribution in [2.75, 3.05) is 6.61 Å². The number of aliphatic hydroxyl groups is 1. The van der Waals surface area contributed by atoms with E-state index in [-0.39, 0.29) is 31.8 Å². The Morgan fingerprint density at radius 3 is 2.35 bits per heavy atom. The lowest BCUT2D eigenvalue weighted by atomic mass is 9.86. The van der Waals surface area contributed by atoms with Crippen molar-refractivity contribution >= 4 is 0 Å². The summed E-state index contributed by atoms with van der Waals surface area (Å²) in [5.74, 6) is 0.0415. The summed E-state index contributed by atoms with van der Waals surface area (Å²) in [7, 11) is 0. The SMILES string of the molecule is CC/C=C(/CC1(C(F)(F)F)CC1)C(C)CCO. The monoisotopic (exact) mass is 250 g/mol. The third-order valence-corrected chi connectivity index (χ3v) is 3.66. The Kier molecular flexibility index (Phi) is 4.64. The van der Waals surface area contributed by atoms with Crippen LogP contribution in [0.25, 0.3) is 0 Å². The van der Waals surface area contributed by atoms with Gasteiger partial charge in [-0.25, -0.2) is 0 Å². The van der Waals surface area contributed by atoms with Gasteiger partial charge >= 0.3 is 6.18 Å². The van der Waals surface area contributed by atoms with Crippen molar-refractivity contribution < 1.29 is 18.3 Å². The molecule has 0 aliphatic heterocycles. The molecule has 100 valence electrons. The van der Waals surface area contributed by atoms with Crippen molar-refractivity contribution in [3.63, 3.8) is 0 Å². The smallest absolute Gasteiger partial charge is 0.394 e. The number of allylic oxidation sites excluding steroid dienone is 2. The summed E-state index contributed by atoms with van der Waals surface area (Å²) in [6.07, 6.45) is -0.276. The van der Waals surface area contributed by atoms with Crippen molar-refractivity contribution in [3.05, 3.63) is 11.6 Å². The van der Waals surface area contributed by atoms with Gasteiger partial charge in [-0.2, -0.15) is 13.2 Å². The van der Waals surface area contributed by atoms with Crippen LogP contribution in [0.1, 0.15) is 46.0 Å². The first-order valence-corrected chi connectivity index (χ1v) is 6.23. The first-order valence-electron chi connectivity index (χ1n) is 6.23. The van der Waals surface area contributed by atoms with Crippen LogP contribution in [0.3, 0.4) is 0 Å². The van der Waals surface area contributed by atoms with E-state index in [4.69, 9.17) is 5.11 Å². The molecule has 1 atom stereocenters. The molecule has 0 heterocycles. The van der Waals surface area contributed by atoms with Gasteiger partial charge in [-0.3, -0.25) is 0 Å².